The summed E-state index contributed by atoms with van der Waals surface area (Å²) in [5, 5.41) is 3.00. The van der Waals surface area contributed by atoms with Crippen LogP contribution < -0.4 is 14.8 Å². The minimum Gasteiger partial charge on any atom is -0.497 e. The van der Waals surface area contributed by atoms with E-state index in [0.29, 0.717) is 18.7 Å². The molecule has 0 atom stereocenters. The van der Waals surface area contributed by atoms with E-state index in [1.165, 1.54) is 0 Å². The highest BCUT2D eigenvalue weighted by molar-refractivity contribution is 5.94. The molecule has 1 aromatic heterocycles. The van der Waals surface area contributed by atoms with E-state index in [2.05, 4.69) is 28.6 Å². The van der Waals surface area contributed by atoms with Gasteiger partial charge in [0.05, 0.1) is 24.8 Å². The number of carbonyl (C=O) groups excluding carboxylic acids is 1. The number of nitrogens with one attached hydrogen (secondary N) is 1. The van der Waals surface area contributed by atoms with Gasteiger partial charge in [0.15, 0.2) is 0 Å². The smallest absolute Gasteiger partial charge is 0.251 e. The van der Waals surface area contributed by atoms with Gasteiger partial charge in [-0.1, -0.05) is 36.4 Å². The number of para-hydroxylation sites is 3. The van der Waals surface area contributed by atoms with Gasteiger partial charge in [-0.05, 0) is 67.3 Å². The lowest BCUT2D eigenvalue weighted by Gasteiger charge is -2.12. The zero-order valence-corrected chi connectivity index (χ0v) is 20.8. The molecule has 186 valence electrons. The van der Waals surface area contributed by atoms with Crippen molar-refractivity contribution in [1.29, 1.82) is 0 Å². The monoisotopic (exact) mass is 483 g/mol. The molecule has 6 heteroatoms. The minimum absolute atomic E-state index is 0.0833. The highest BCUT2D eigenvalue weighted by Crippen LogP contribution is 2.20. The van der Waals surface area contributed by atoms with E-state index in [4.69, 9.17) is 14.5 Å². The summed E-state index contributed by atoms with van der Waals surface area (Å²) in [6.07, 6.45) is 5.13. The van der Waals surface area contributed by atoms with Crippen molar-refractivity contribution in [2.24, 2.45) is 0 Å². The topological polar surface area (TPSA) is 65.4 Å². The summed E-state index contributed by atoms with van der Waals surface area (Å²) >= 11 is 0. The number of benzene rings is 3. The summed E-state index contributed by atoms with van der Waals surface area (Å²) in [4.78, 5) is 17.3. The Balaban J connectivity index is 1.32. The number of amides is 1. The lowest BCUT2D eigenvalue weighted by molar-refractivity contribution is 0.0953. The standard InChI is InChI=1S/C30H33N3O3/c1-3-10-23-11-4-7-14-28(23)36-22-9-21-33-27-13-6-5-12-26(27)32-29(33)15-8-20-31-30(34)24-16-18-25(35-2)19-17-24/h3-7,11-14,16-19H,1,8-10,15,20-22H2,2H3,(H,31,34). The molecule has 1 heterocycles. The van der Waals surface area contributed by atoms with Crippen molar-refractivity contribution < 1.29 is 14.3 Å². The van der Waals surface area contributed by atoms with E-state index in [0.717, 1.165) is 66.1 Å². The zero-order valence-electron chi connectivity index (χ0n) is 20.8. The molecule has 0 unspecified atom stereocenters. The maximum atomic E-state index is 12.4. The summed E-state index contributed by atoms with van der Waals surface area (Å²) in [6.45, 7) is 5.86. The third-order valence-corrected chi connectivity index (χ3v) is 6.07. The summed E-state index contributed by atoms with van der Waals surface area (Å²) in [6, 6.07) is 23.4. The van der Waals surface area contributed by atoms with Crippen LogP contribution in [0.4, 0.5) is 0 Å². The number of hydrogen-bond acceptors (Lipinski definition) is 4. The lowest BCUT2D eigenvalue weighted by Crippen LogP contribution is -2.25. The van der Waals surface area contributed by atoms with Crippen molar-refractivity contribution >= 4 is 16.9 Å². The van der Waals surface area contributed by atoms with Gasteiger partial charge in [0.2, 0.25) is 0 Å². The summed E-state index contributed by atoms with van der Waals surface area (Å²) in [5.41, 5.74) is 3.89. The van der Waals surface area contributed by atoms with Gasteiger partial charge in [-0.3, -0.25) is 4.79 Å². The molecule has 0 aliphatic carbocycles. The second kappa shape index (κ2) is 12.6. The molecular weight excluding hydrogens is 450 g/mol. The number of imidazole rings is 1. The van der Waals surface area contributed by atoms with Crippen LogP contribution in [-0.2, 0) is 19.4 Å². The van der Waals surface area contributed by atoms with Crippen LogP contribution in [0.25, 0.3) is 11.0 Å². The van der Waals surface area contributed by atoms with Crippen LogP contribution >= 0.6 is 0 Å². The molecule has 1 amide bonds. The summed E-state index contributed by atoms with van der Waals surface area (Å²) in [7, 11) is 1.61. The largest absolute Gasteiger partial charge is 0.497 e. The van der Waals surface area contributed by atoms with Crippen LogP contribution in [0.5, 0.6) is 11.5 Å². The Kier molecular flexibility index (Phi) is 8.76. The van der Waals surface area contributed by atoms with Crippen molar-refractivity contribution in [2.45, 2.75) is 32.2 Å². The number of carbonyl (C=O) groups is 1. The van der Waals surface area contributed by atoms with Crippen LogP contribution in [0.2, 0.25) is 0 Å². The number of ether oxygens (including phenoxy) is 2. The first kappa shape index (κ1) is 25.0. The lowest BCUT2D eigenvalue weighted by atomic mass is 10.1. The van der Waals surface area contributed by atoms with Gasteiger partial charge in [0.25, 0.3) is 5.91 Å². The van der Waals surface area contributed by atoms with E-state index < -0.39 is 0 Å². The third kappa shape index (κ3) is 6.33. The number of nitrogens with zero attached hydrogens (tertiary/aromatic N) is 2. The van der Waals surface area contributed by atoms with Gasteiger partial charge in [0, 0.05) is 25.1 Å². The predicted octanol–water partition coefficient (Wildman–Crippen LogP) is 5.61. The number of methoxy groups -OCH3 is 1. The molecule has 0 aliphatic rings. The van der Waals surface area contributed by atoms with Crippen LogP contribution in [0.3, 0.4) is 0 Å². The van der Waals surface area contributed by atoms with Gasteiger partial charge in [-0.15, -0.1) is 6.58 Å². The first-order valence-corrected chi connectivity index (χ1v) is 12.4. The van der Waals surface area contributed by atoms with Crippen molar-refractivity contribution in [3.8, 4) is 11.5 Å². The number of aromatic nitrogens is 2. The highest BCUT2D eigenvalue weighted by Gasteiger charge is 2.11. The van der Waals surface area contributed by atoms with Crippen LogP contribution in [-0.4, -0.2) is 35.7 Å². The molecule has 0 bridgehead atoms. The molecule has 0 spiro atoms. The molecule has 6 nitrogen and oxygen atoms in total. The Hall–Kier alpha value is -4.06. The third-order valence-electron chi connectivity index (χ3n) is 6.07. The fraction of sp³-hybridized carbons (Fsp3) is 0.267. The Morgan fingerprint density at radius 3 is 2.61 bits per heavy atom. The molecule has 4 rings (SSSR count). The number of rotatable bonds is 13. The number of allylic oxidation sites excluding steroid dienone is 1. The van der Waals surface area contributed by atoms with Crippen molar-refractivity contribution in [2.75, 3.05) is 20.3 Å². The Morgan fingerprint density at radius 1 is 1.03 bits per heavy atom. The first-order chi connectivity index (χ1) is 17.7. The predicted molar refractivity (Wildman–Crippen MR) is 144 cm³/mol. The molecule has 0 aliphatic heterocycles. The van der Waals surface area contributed by atoms with Gasteiger partial charge >= 0.3 is 0 Å². The molecule has 0 fully saturated rings. The molecule has 4 aromatic rings. The van der Waals surface area contributed by atoms with Crippen LogP contribution in [0, 0.1) is 0 Å². The number of aryl methyl sites for hydroxylation is 2. The fourth-order valence-corrected chi connectivity index (χ4v) is 4.23. The summed E-state index contributed by atoms with van der Waals surface area (Å²) < 4.78 is 13.5. The second-order valence-corrected chi connectivity index (χ2v) is 8.56. The number of hydrogen-bond donors (Lipinski definition) is 1. The minimum atomic E-state index is -0.0833. The Bertz CT molecular complexity index is 1290. The molecular formula is C30H33N3O3. The van der Waals surface area contributed by atoms with Crippen LogP contribution in [0.15, 0.2) is 85.5 Å². The molecule has 0 saturated heterocycles. The summed E-state index contributed by atoms with van der Waals surface area (Å²) in [5.74, 6) is 2.60. The van der Waals surface area contributed by atoms with Gasteiger partial charge in [0.1, 0.15) is 17.3 Å². The Morgan fingerprint density at radius 2 is 1.81 bits per heavy atom. The van der Waals surface area contributed by atoms with Crippen LogP contribution in [0.1, 0.15) is 34.6 Å². The fourth-order valence-electron chi connectivity index (χ4n) is 4.23. The molecule has 36 heavy (non-hydrogen) atoms. The quantitative estimate of drug-likeness (QED) is 0.198. The molecule has 0 radical (unpaired) electrons. The Labute approximate surface area is 212 Å². The number of fused-ring (bicyclic) bond motifs is 1. The van der Waals surface area contributed by atoms with Gasteiger partial charge < -0.3 is 19.4 Å². The van der Waals surface area contributed by atoms with Crippen molar-refractivity contribution in [3.05, 3.63) is 102 Å². The molecule has 0 saturated carbocycles. The maximum absolute atomic E-state index is 12.4. The zero-order chi connectivity index (χ0) is 25.2. The van der Waals surface area contributed by atoms with Crippen molar-refractivity contribution in [3.63, 3.8) is 0 Å². The van der Waals surface area contributed by atoms with E-state index >= 15 is 0 Å². The van der Waals surface area contributed by atoms with E-state index in [9.17, 15) is 4.79 Å². The van der Waals surface area contributed by atoms with E-state index in [1.54, 1.807) is 31.4 Å². The second-order valence-electron chi connectivity index (χ2n) is 8.56. The van der Waals surface area contributed by atoms with Gasteiger partial charge in [-0.2, -0.15) is 0 Å². The first-order valence-electron chi connectivity index (χ1n) is 12.4. The average molecular weight is 484 g/mol. The molecule has 1 N–H and O–H groups in total. The SMILES string of the molecule is C=CCc1ccccc1OCCCn1c(CCCNC(=O)c2ccc(OC)cc2)nc2ccccc21. The van der Waals surface area contributed by atoms with Crippen molar-refractivity contribution in [1.82, 2.24) is 14.9 Å². The van der Waals surface area contributed by atoms with E-state index in [-0.39, 0.29) is 5.91 Å². The normalized spacial score (nSPS) is 10.8. The van der Waals surface area contributed by atoms with Gasteiger partial charge in [-0.25, -0.2) is 4.98 Å². The average Bonchev–Trinajstić information content (AvgIpc) is 3.27. The van der Waals surface area contributed by atoms with E-state index in [1.807, 2.05) is 42.5 Å². The molecule has 3 aromatic carbocycles. The highest BCUT2D eigenvalue weighted by atomic mass is 16.5. The maximum Gasteiger partial charge on any atom is 0.251 e.